The van der Waals surface area contributed by atoms with E-state index in [-0.39, 0.29) is 5.92 Å². The van der Waals surface area contributed by atoms with Gasteiger partial charge in [-0.25, -0.2) is 0 Å². The molecule has 1 saturated carbocycles. The van der Waals surface area contributed by atoms with Gasteiger partial charge in [0, 0.05) is 10.9 Å². The van der Waals surface area contributed by atoms with Crippen molar-refractivity contribution >= 4 is 17.9 Å². The predicted octanol–water partition coefficient (Wildman–Crippen LogP) is 3.03. The molecule has 0 saturated heterocycles. The van der Waals surface area contributed by atoms with Crippen LogP contribution in [0.2, 0.25) is 5.02 Å². The summed E-state index contributed by atoms with van der Waals surface area (Å²) in [7, 11) is 0. The van der Waals surface area contributed by atoms with Crippen molar-refractivity contribution in [2.45, 2.75) is 18.8 Å². The topological polar surface area (TPSA) is 17.1 Å². The van der Waals surface area contributed by atoms with Gasteiger partial charge in [0.05, 0.1) is 0 Å². The number of halogens is 1. The van der Waals surface area contributed by atoms with E-state index in [1.54, 1.807) is 0 Å². The molecule has 2 rings (SSSR count). The molecule has 0 aromatic heterocycles. The van der Waals surface area contributed by atoms with Gasteiger partial charge in [-0.05, 0) is 36.5 Å². The van der Waals surface area contributed by atoms with Gasteiger partial charge in [0.2, 0.25) is 0 Å². The lowest BCUT2D eigenvalue weighted by Gasteiger charge is -2.32. The van der Waals surface area contributed by atoms with Crippen LogP contribution in [-0.4, -0.2) is 6.29 Å². The fourth-order valence-electron chi connectivity index (χ4n) is 1.81. The lowest BCUT2D eigenvalue weighted by Crippen LogP contribution is -2.24. The number of aldehydes is 1. The van der Waals surface area contributed by atoms with Crippen molar-refractivity contribution in [3.05, 3.63) is 34.9 Å². The van der Waals surface area contributed by atoms with E-state index in [4.69, 9.17) is 11.6 Å². The average molecular weight is 195 g/mol. The fourth-order valence-corrected chi connectivity index (χ4v) is 1.94. The number of hydrogen-bond donors (Lipinski definition) is 0. The molecule has 0 heterocycles. The first kappa shape index (κ1) is 8.76. The second-order valence-electron chi connectivity index (χ2n) is 3.54. The number of rotatable bonds is 2. The zero-order valence-electron chi connectivity index (χ0n) is 7.24. The summed E-state index contributed by atoms with van der Waals surface area (Å²) in [5, 5.41) is 0.755. The molecule has 68 valence electrons. The van der Waals surface area contributed by atoms with Crippen molar-refractivity contribution in [2.24, 2.45) is 5.92 Å². The summed E-state index contributed by atoms with van der Waals surface area (Å²) in [5.74, 6) is 0.677. The van der Waals surface area contributed by atoms with Crippen LogP contribution in [0.1, 0.15) is 24.3 Å². The monoisotopic (exact) mass is 194 g/mol. The summed E-state index contributed by atoms with van der Waals surface area (Å²) in [6, 6.07) is 7.81. The number of carbonyl (C=O) groups excluding carboxylic acids is 1. The molecule has 1 aliphatic carbocycles. The highest BCUT2D eigenvalue weighted by atomic mass is 35.5. The van der Waals surface area contributed by atoms with E-state index in [9.17, 15) is 4.79 Å². The first-order valence-electron chi connectivity index (χ1n) is 4.52. The summed E-state index contributed by atoms with van der Waals surface area (Å²) in [4.78, 5) is 10.6. The first-order chi connectivity index (χ1) is 6.31. The Morgan fingerprint density at radius 3 is 2.38 bits per heavy atom. The Morgan fingerprint density at radius 1 is 1.23 bits per heavy atom. The van der Waals surface area contributed by atoms with E-state index >= 15 is 0 Å². The highest BCUT2D eigenvalue weighted by molar-refractivity contribution is 6.30. The van der Waals surface area contributed by atoms with Gasteiger partial charge in [-0.15, -0.1) is 0 Å². The Bertz CT molecular complexity index is 304. The quantitative estimate of drug-likeness (QED) is 0.662. The minimum atomic E-state index is 0.237. The Labute approximate surface area is 82.7 Å². The molecule has 0 spiro atoms. The predicted molar refractivity (Wildman–Crippen MR) is 53.0 cm³/mol. The molecule has 1 nitrogen and oxygen atoms in total. The van der Waals surface area contributed by atoms with E-state index in [1.807, 2.05) is 24.3 Å². The minimum Gasteiger partial charge on any atom is -0.303 e. The van der Waals surface area contributed by atoms with E-state index in [1.165, 1.54) is 5.56 Å². The van der Waals surface area contributed by atoms with Crippen LogP contribution in [0.15, 0.2) is 24.3 Å². The van der Waals surface area contributed by atoms with Crippen LogP contribution in [-0.2, 0) is 4.79 Å². The van der Waals surface area contributed by atoms with Gasteiger partial charge < -0.3 is 4.79 Å². The van der Waals surface area contributed by atoms with Gasteiger partial charge in [0.25, 0.3) is 0 Å². The number of benzene rings is 1. The molecule has 1 aromatic carbocycles. The Morgan fingerprint density at radius 2 is 1.92 bits per heavy atom. The molecule has 2 unspecified atom stereocenters. The zero-order valence-corrected chi connectivity index (χ0v) is 8.00. The van der Waals surface area contributed by atoms with Gasteiger partial charge in [0.1, 0.15) is 6.29 Å². The summed E-state index contributed by atoms with van der Waals surface area (Å²) in [6.07, 6.45) is 3.24. The highest BCUT2D eigenvalue weighted by Crippen LogP contribution is 2.41. The molecule has 13 heavy (non-hydrogen) atoms. The maximum absolute atomic E-state index is 10.6. The fraction of sp³-hybridized carbons (Fsp3) is 0.364. The van der Waals surface area contributed by atoms with Gasteiger partial charge in [0.15, 0.2) is 0 Å². The summed E-state index contributed by atoms with van der Waals surface area (Å²) in [6.45, 7) is 0. The van der Waals surface area contributed by atoms with Crippen molar-refractivity contribution in [1.82, 2.24) is 0 Å². The largest absolute Gasteiger partial charge is 0.303 e. The smallest absolute Gasteiger partial charge is 0.123 e. The molecule has 0 amide bonds. The van der Waals surface area contributed by atoms with Crippen molar-refractivity contribution in [3.8, 4) is 0 Å². The number of carbonyl (C=O) groups is 1. The number of hydrogen-bond acceptors (Lipinski definition) is 1. The molecule has 0 bridgehead atoms. The summed E-state index contributed by atoms with van der Waals surface area (Å²) >= 11 is 5.78. The highest BCUT2D eigenvalue weighted by Gasteiger charge is 2.31. The Kier molecular flexibility index (Phi) is 2.36. The van der Waals surface area contributed by atoms with Crippen LogP contribution in [0.25, 0.3) is 0 Å². The minimum absolute atomic E-state index is 0.237. The van der Waals surface area contributed by atoms with E-state index in [0.29, 0.717) is 5.92 Å². The molecule has 2 heteroatoms. The van der Waals surface area contributed by atoms with Crippen LogP contribution in [0.3, 0.4) is 0 Å². The molecule has 0 aliphatic heterocycles. The zero-order chi connectivity index (χ0) is 9.26. The SMILES string of the molecule is O=CC1CCC1c1ccc(Cl)cc1. The van der Waals surface area contributed by atoms with Crippen molar-refractivity contribution in [2.75, 3.05) is 0 Å². The van der Waals surface area contributed by atoms with Crippen LogP contribution in [0.4, 0.5) is 0 Å². The average Bonchev–Trinajstić information content (AvgIpc) is 2.08. The molecule has 1 aromatic rings. The Hall–Kier alpha value is -0.820. The third-order valence-electron chi connectivity index (χ3n) is 2.80. The first-order valence-corrected chi connectivity index (χ1v) is 4.90. The standard InChI is InChI=1S/C11H11ClO/c12-10-4-1-8(2-5-10)11-6-3-9(11)7-13/h1-2,4-5,7,9,11H,3,6H2. The van der Waals surface area contributed by atoms with Crippen molar-refractivity contribution in [1.29, 1.82) is 0 Å². The van der Waals surface area contributed by atoms with Gasteiger partial charge in [-0.2, -0.15) is 0 Å². The molecule has 1 fully saturated rings. The lowest BCUT2D eigenvalue weighted by atomic mass is 9.71. The van der Waals surface area contributed by atoms with Crippen LogP contribution in [0.5, 0.6) is 0 Å². The molecule has 0 N–H and O–H groups in total. The second kappa shape index (κ2) is 3.51. The molecular weight excluding hydrogens is 184 g/mol. The van der Waals surface area contributed by atoms with Gasteiger partial charge in [-0.3, -0.25) is 0 Å². The molecule has 1 aliphatic rings. The molecular formula is C11H11ClO. The molecule has 2 atom stereocenters. The maximum atomic E-state index is 10.6. The third kappa shape index (κ3) is 1.61. The van der Waals surface area contributed by atoms with Gasteiger partial charge in [-0.1, -0.05) is 23.7 Å². The van der Waals surface area contributed by atoms with Crippen molar-refractivity contribution < 1.29 is 4.79 Å². The van der Waals surface area contributed by atoms with Crippen LogP contribution >= 0.6 is 11.6 Å². The second-order valence-corrected chi connectivity index (χ2v) is 3.97. The Balaban J connectivity index is 2.17. The van der Waals surface area contributed by atoms with E-state index < -0.39 is 0 Å². The summed E-state index contributed by atoms with van der Waals surface area (Å²) in [5.41, 5.74) is 1.24. The third-order valence-corrected chi connectivity index (χ3v) is 3.05. The van der Waals surface area contributed by atoms with Gasteiger partial charge >= 0.3 is 0 Å². The molecule has 0 radical (unpaired) electrons. The maximum Gasteiger partial charge on any atom is 0.123 e. The lowest BCUT2D eigenvalue weighted by molar-refractivity contribution is -0.113. The summed E-state index contributed by atoms with van der Waals surface area (Å²) < 4.78 is 0. The van der Waals surface area contributed by atoms with Crippen LogP contribution in [0, 0.1) is 5.92 Å². The van der Waals surface area contributed by atoms with Crippen molar-refractivity contribution in [3.63, 3.8) is 0 Å². The normalized spacial score (nSPS) is 26.5. The van der Waals surface area contributed by atoms with E-state index in [2.05, 4.69) is 0 Å². The van der Waals surface area contributed by atoms with Crippen LogP contribution < -0.4 is 0 Å². The van der Waals surface area contributed by atoms with E-state index in [0.717, 1.165) is 24.2 Å².